The summed E-state index contributed by atoms with van der Waals surface area (Å²) in [5, 5.41) is 3.30. The summed E-state index contributed by atoms with van der Waals surface area (Å²) >= 11 is 6.35. The van der Waals surface area contributed by atoms with Crippen LogP contribution in [0.2, 0.25) is 5.02 Å². The van der Waals surface area contributed by atoms with Crippen LogP contribution >= 0.6 is 11.6 Å². The van der Waals surface area contributed by atoms with Crippen molar-refractivity contribution in [1.29, 1.82) is 0 Å². The van der Waals surface area contributed by atoms with E-state index in [1.54, 1.807) is 25.1 Å². The van der Waals surface area contributed by atoms with Crippen LogP contribution in [0.15, 0.2) is 72.8 Å². The Kier molecular flexibility index (Phi) is 6.32. The first-order chi connectivity index (χ1) is 13.4. The number of benzene rings is 3. The summed E-state index contributed by atoms with van der Waals surface area (Å²) in [5.41, 5.74) is 2.84. The van der Waals surface area contributed by atoms with Gasteiger partial charge in [0.2, 0.25) is 0 Å². The van der Waals surface area contributed by atoms with Crippen molar-refractivity contribution >= 4 is 17.5 Å². The number of rotatable bonds is 6. The molecule has 0 aliphatic rings. The molecule has 0 spiro atoms. The average Bonchev–Trinajstić information content (AvgIpc) is 2.70. The third-order valence-corrected chi connectivity index (χ3v) is 4.74. The highest BCUT2D eigenvalue weighted by molar-refractivity contribution is 6.32. The lowest BCUT2D eigenvalue weighted by molar-refractivity contribution is -0.127. The molecule has 3 aromatic rings. The number of nitrogens with one attached hydrogen (secondary N) is 1. The van der Waals surface area contributed by atoms with Gasteiger partial charge < -0.3 is 10.1 Å². The zero-order valence-electron chi connectivity index (χ0n) is 15.7. The fourth-order valence-corrected chi connectivity index (χ4v) is 3.04. The van der Waals surface area contributed by atoms with Crippen molar-refractivity contribution in [3.8, 4) is 16.9 Å². The Hall–Kier alpha value is -2.85. The molecule has 3 aromatic carbocycles. The van der Waals surface area contributed by atoms with Gasteiger partial charge in [-0.25, -0.2) is 4.39 Å². The molecule has 1 N–H and O–H groups in total. The smallest absolute Gasteiger partial charge is 0.261 e. The Morgan fingerprint density at radius 1 is 0.964 bits per heavy atom. The monoisotopic (exact) mass is 397 g/mol. The maximum atomic E-state index is 13.0. The maximum Gasteiger partial charge on any atom is 0.261 e. The molecule has 0 fully saturated rings. The Morgan fingerprint density at radius 3 is 2.29 bits per heavy atom. The molecule has 0 radical (unpaired) electrons. The number of hydrogen-bond acceptors (Lipinski definition) is 2. The number of hydrogen-bond donors (Lipinski definition) is 1. The van der Waals surface area contributed by atoms with Gasteiger partial charge in [0.15, 0.2) is 6.10 Å². The molecule has 0 unspecified atom stereocenters. The summed E-state index contributed by atoms with van der Waals surface area (Å²) in [7, 11) is 0. The van der Waals surface area contributed by atoms with Gasteiger partial charge in [-0.2, -0.15) is 0 Å². The Bertz CT molecular complexity index is 945. The summed E-state index contributed by atoms with van der Waals surface area (Å²) in [6.45, 7) is 3.49. The molecule has 5 heteroatoms. The van der Waals surface area contributed by atoms with Gasteiger partial charge in [0.25, 0.3) is 5.91 Å². The van der Waals surface area contributed by atoms with Crippen LogP contribution in [0.25, 0.3) is 11.1 Å². The standard InChI is InChI=1S/C23H21ClFNO2/c1-15(17-8-11-20(25)12-9-17)26-23(27)16(2)28-22-13-10-19(14-21(22)24)18-6-4-3-5-7-18/h3-16H,1-2H3,(H,26,27)/t15-,16-/m0/s1. The van der Waals surface area contributed by atoms with Crippen LogP contribution in [-0.4, -0.2) is 12.0 Å². The molecule has 0 heterocycles. The largest absolute Gasteiger partial charge is 0.479 e. The number of halogens is 2. The van der Waals surface area contributed by atoms with Crippen molar-refractivity contribution in [2.24, 2.45) is 0 Å². The first kappa shape index (κ1) is 19.9. The first-order valence-electron chi connectivity index (χ1n) is 9.01. The number of ether oxygens (including phenoxy) is 1. The van der Waals surface area contributed by atoms with Crippen LogP contribution in [0.4, 0.5) is 4.39 Å². The van der Waals surface area contributed by atoms with Crippen LogP contribution in [0.1, 0.15) is 25.5 Å². The zero-order valence-corrected chi connectivity index (χ0v) is 16.4. The second-order valence-corrected chi connectivity index (χ2v) is 6.96. The van der Waals surface area contributed by atoms with Gasteiger partial charge in [0, 0.05) is 0 Å². The molecule has 0 aliphatic carbocycles. The predicted octanol–water partition coefficient (Wildman–Crippen LogP) is 5.79. The van der Waals surface area contributed by atoms with Crippen LogP contribution in [-0.2, 0) is 4.79 Å². The lowest BCUT2D eigenvalue weighted by Crippen LogP contribution is -2.37. The van der Waals surface area contributed by atoms with E-state index in [-0.39, 0.29) is 17.8 Å². The van der Waals surface area contributed by atoms with E-state index in [1.165, 1.54) is 12.1 Å². The number of amides is 1. The SMILES string of the molecule is C[C@H](Oc1ccc(-c2ccccc2)cc1Cl)C(=O)N[C@@H](C)c1ccc(F)cc1. The van der Waals surface area contributed by atoms with Crippen molar-refractivity contribution in [2.75, 3.05) is 0 Å². The van der Waals surface area contributed by atoms with Crippen LogP contribution in [0.5, 0.6) is 5.75 Å². The molecule has 2 atom stereocenters. The van der Waals surface area contributed by atoms with Gasteiger partial charge >= 0.3 is 0 Å². The third kappa shape index (κ3) is 4.90. The minimum absolute atomic E-state index is 0.268. The second-order valence-electron chi connectivity index (χ2n) is 6.55. The topological polar surface area (TPSA) is 38.3 Å². The summed E-state index contributed by atoms with van der Waals surface area (Å²) in [6, 6.07) is 21.1. The highest BCUT2D eigenvalue weighted by Crippen LogP contribution is 2.31. The molecular weight excluding hydrogens is 377 g/mol. The molecule has 0 saturated carbocycles. The summed E-state index contributed by atoms with van der Waals surface area (Å²) in [5.74, 6) is -0.147. The molecule has 3 rings (SSSR count). The minimum Gasteiger partial charge on any atom is -0.479 e. The average molecular weight is 398 g/mol. The fourth-order valence-electron chi connectivity index (χ4n) is 2.82. The highest BCUT2D eigenvalue weighted by Gasteiger charge is 2.19. The van der Waals surface area contributed by atoms with Crippen LogP contribution < -0.4 is 10.1 Å². The van der Waals surface area contributed by atoms with Gasteiger partial charge in [-0.05, 0) is 54.8 Å². The van der Waals surface area contributed by atoms with E-state index in [2.05, 4.69) is 5.32 Å². The Labute approximate surface area is 169 Å². The molecule has 0 saturated heterocycles. The molecule has 1 amide bonds. The normalized spacial score (nSPS) is 12.9. The highest BCUT2D eigenvalue weighted by atomic mass is 35.5. The number of carbonyl (C=O) groups excluding carboxylic acids is 1. The van der Waals surface area contributed by atoms with Crippen molar-refractivity contribution < 1.29 is 13.9 Å². The van der Waals surface area contributed by atoms with Crippen LogP contribution in [0, 0.1) is 5.82 Å². The lowest BCUT2D eigenvalue weighted by atomic mass is 10.1. The number of carbonyl (C=O) groups is 1. The van der Waals surface area contributed by atoms with Crippen LogP contribution in [0.3, 0.4) is 0 Å². The first-order valence-corrected chi connectivity index (χ1v) is 9.39. The van der Waals surface area contributed by atoms with E-state index in [9.17, 15) is 9.18 Å². The van der Waals surface area contributed by atoms with Gasteiger partial charge in [0.1, 0.15) is 11.6 Å². The minimum atomic E-state index is -0.733. The quantitative estimate of drug-likeness (QED) is 0.571. The molecule has 3 nitrogen and oxygen atoms in total. The van der Waals surface area contributed by atoms with Crippen molar-refractivity contribution in [2.45, 2.75) is 26.0 Å². The van der Waals surface area contributed by atoms with E-state index in [4.69, 9.17) is 16.3 Å². The van der Waals surface area contributed by atoms with Gasteiger partial charge in [-0.15, -0.1) is 0 Å². The van der Waals surface area contributed by atoms with E-state index < -0.39 is 6.10 Å². The summed E-state index contributed by atoms with van der Waals surface area (Å²) in [4.78, 5) is 12.4. The molecule has 0 aliphatic heterocycles. The van der Waals surface area contributed by atoms with E-state index in [0.29, 0.717) is 10.8 Å². The second kappa shape index (κ2) is 8.89. The van der Waals surface area contributed by atoms with Crippen molar-refractivity contribution in [3.63, 3.8) is 0 Å². The molecule has 144 valence electrons. The van der Waals surface area contributed by atoms with Crippen molar-refractivity contribution in [3.05, 3.63) is 89.2 Å². The van der Waals surface area contributed by atoms with E-state index in [1.807, 2.05) is 49.4 Å². The summed E-state index contributed by atoms with van der Waals surface area (Å²) in [6.07, 6.45) is -0.733. The van der Waals surface area contributed by atoms with Gasteiger partial charge in [-0.1, -0.05) is 60.1 Å². The maximum absolute atomic E-state index is 13.0. The summed E-state index contributed by atoms with van der Waals surface area (Å²) < 4.78 is 18.8. The Balaban J connectivity index is 1.64. The molecular formula is C23H21ClFNO2. The fraction of sp³-hybridized carbons (Fsp3) is 0.174. The predicted molar refractivity (Wildman–Crippen MR) is 110 cm³/mol. The lowest BCUT2D eigenvalue weighted by Gasteiger charge is -2.19. The van der Waals surface area contributed by atoms with Crippen molar-refractivity contribution in [1.82, 2.24) is 5.32 Å². The third-order valence-electron chi connectivity index (χ3n) is 4.44. The van der Waals surface area contributed by atoms with E-state index in [0.717, 1.165) is 16.7 Å². The molecule has 28 heavy (non-hydrogen) atoms. The zero-order chi connectivity index (χ0) is 20.1. The molecule has 0 bridgehead atoms. The Morgan fingerprint density at radius 2 is 1.64 bits per heavy atom. The van der Waals surface area contributed by atoms with Gasteiger partial charge in [0.05, 0.1) is 11.1 Å². The molecule has 0 aromatic heterocycles. The van der Waals surface area contributed by atoms with Gasteiger partial charge in [-0.3, -0.25) is 4.79 Å². The van der Waals surface area contributed by atoms with E-state index >= 15 is 0 Å².